The summed E-state index contributed by atoms with van der Waals surface area (Å²) in [6.07, 6.45) is 7.79. The van der Waals surface area contributed by atoms with Gasteiger partial charge in [-0.3, -0.25) is 4.90 Å². The second-order valence-corrected chi connectivity index (χ2v) is 9.01. The van der Waals surface area contributed by atoms with Gasteiger partial charge in [0, 0.05) is 18.6 Å². The number of nitrogens with zero attached hydrogens (tertiary/aromatic N) is 1. The molecule has 2 fully saturated rings. The molecule has 140 valence electrons. The van der Waals surface area contributed by atoms with Gasteiger partial charge in [-0.1, -0.05) is 49.1 Å². The molecule has 25 heavy (non-hydrogen) atoms. The van der Waals surface area contributed by atoms with Crippen LogP contribution < -0.4 is 9.44 Å². The Morgan fingerprint density at radius 3 is 2.32 bits per heavy atom. The fourth-order valence-electron chi connectivity index (χ4n) is 3.97. The van der Waals surface area contributed by atoms with Crippen molar-refractivity contribution in [2.24, 2.45) is 0 Å². The summed E-state index contributed by atoms with van der Waals surface area (Å²) in [6, 6.07) is 8.68. The minimum Gasteiger partial charge on any atom is -0.295 e. The molecule has 1 saturated carbocycles. The first kappa shape index (κ1) is 18.8. The lowest BCUT2D eigenvalue weighted by molar-refractivity contribution is 0.164. The Balaban J connectivity index is 1.67. The normalized spacial score (nSPS) is 21.5. The van der Waals surface area contributed by atoms with Gasteiger partial charge in [0.1, 0.15) is 0 Å². The molecule has 1 atom stereocenters. The zero-order valence-corrected chi connectivity index (χ0v) is 16.0. The molecule has 1 aromatic carbocycles. The van der Waals surface area contributed by atoms with Crippen molar-refractivity contribution in [3.8, 4) is 0 Å². The molecule has 0 bridgehead atoms. The number of benzene rings is 1. The van der Waals surface area contributed by atoms with E-state index in [4.69, 9.17) is 0 Å². The summed E-state index contributed by atoms with van der Waals surface area (Å²) in [5.41, 5.74) is 2.42. The first-order valence-corrected chi connectivity index (χ1v) is 11.1. The van der Waals surface area contributed by atoms with Gasteiger partial charge in [0.25, 0.3) is 10.2 Å². The molecule has 1 heterocycles. The van der Waals surface area contributed by atoms with Crippen molar-refractivity contribution < 1.29 is 8.42 Å². The van der Waals surface area contributed by atoms with Gasteiger partial charge in [0.2, 0.25) is 0 Å². The fraction of sp³-hybridized carbons (Fsp3) is 0.684. The maximum Gasteiger partial charge on any atom is 0.277 e. The Morgan fingerprint density at radius 1 is 1.04 bits per heavy atom. The average Bonchev–Trinajstić information content (AvgIpc) is 3.10. The molecule has 2 aliphatic rings. The minimum atomic E-state index is -3.44. The summed E-state index contributed by atoms with van der Waals surface area (Å²) in [7, 11) is -3.44. The van der Waals surface area contributed by atoms with E-state index in [0.717, 1.165) is 38.8 Å². The molecular formula is C19H31N3O2S. The van der Waals surface area contributed by atoms with Gasteiger partial charge >= 0.3 is 0 Å². The molecule has 5 nitrogen and oxygen atoms in total. The average molecular weight is 366 g/mol. The molecule has 3 rings (SSSR count). The van der Waals surface area contributed by atoms with Crippen LogP contribution in [0.1, 0.15) is 62.1 Å². The summed E-state index contributed by atoms with van der Waals surface area (Å²) < 4.78 is 30.5. The fourth-order valence-corrected chi connectivity index (χ4v) is 5.10. The molecule has 0 amide bonds. The Labute approximate surface area is 152 Å². The molecule has 1 unspecified atom stereocenters. The third-order valence-electron chi connectivity index (χ3n) is 5.44. The molecule has 0 spiro atoms. The van der Waals surface area contributed by atoms with Crippen molar-refractivity contribution in [2.45, 2.75) is 64.0 Å². The Kier molecular flexibility index (Phi) is 6.49. The largest absolute Gasteiger partial charge is 0.295 e. The molecule has 6 heteroatoms. The minimum absolute atomic E-state index is 0.0982. The second kappa shape index (κ2) is 8.62. The number of likely N-dealkylation sites (tertiary alicyclic amines) is 1. The van der Waals surface area contributed by atoms with E-state index in [-0.39, 0.29) is 12.1 Å². The lowest BCUT2D eigenvalue weighted by Crippen LogP contribution is -2.46. The number of rotatable bonds is 7. The van der Waals surface area contributed by atoms with Crippen LogP contribution in [-0.4, -0.2) is 39.0 Å². The van der Waals surface area contributed by atoms with E-state index in [1.54, 1.807) is 0 Å². The van der Waals surface area contributed by atoms with Crippen molar-refractivity contribution >= 4 is 10.2 Å². The smallest absolute Gasteiger partial charge is 0.277 e. The number of hydrogen-bond donors (Lipinski definition) is 2. The van der Waals surface area contributed by atoms with Crippen LogP contribution in [0.4, 0.5) is 0 Å². The molecule has 0 aromatic heterocycles. The summed E-state index contributed by atoms with van der Waals surface area (Å²) in [4.78, 5) is 2.42. The van der Waals surface area contributed by atoms with Crippen LogP contribution in [0.3, 0.4) is 0 Å². The van der Waals surface area contributed by atoms with Crippen LogP contribution in [0.2, 0.25) is 0 Å². The lowest BCUT2D eigenvalue weighted by atomic mass is 10.0. The van der Waals surface area contributed by atoms with Crippen LogP contribution in [0, 0.1) is 6.92 Å². The predicted octanol–water partition coefficient (Wildman–Crippen LogP) is 2.89. The number of nitrogens with one attached hydrogen (secondary N) is 2. The van der Waals surface area contributed by atoms with Crippen molar-refractivity contribution in [1.29, 1.82) is 0 Å². The Bertz CT molecular complexity index is 633. The SMILES string of the molecule is Cc1ccc(C(CNS(=O)(=O)NC2CCCC2)N2CCCCC2)cc1. The van der Waals surface area contributed by atoms with Crippen LogP contribution in [0.5, 0.6) is 0 Å². The molecule has 1 aliphatic heterocycles. The molecule has 1 saturated heterocycles. The number of hydrogen-bond acceptors (Lipinski definition) is 3. The summed E-state index contributed by atoms with van der Waals surface area (Å²) in [5, 5.41) is 0. The van der Waals surface area contributed by atoms with E-state index in [1.807, 2.05) is 0 Å². The van der Waals surface area contributed by atoms with Crippen molar-refractivity contribution in [2.75, 3.05) is 19.6 Å². The summed E-state index contributed by atoms with van der Waals surface area (Å²) in [6.45, 7) is 4.58. The summed E-state index contributed by atoms with van der Waals surface area (Å²) >= 11 is 0. The van der Waals surface area contributed by atoms with E-state index in [1.165, 1.54) is 30.4 Å². The highest BCUT2D eigenvalue weighted by Gasteiger charge is 2.26. The predicted molar refractivity (Wildman–Crippen MR) is 102 cm³/mol. The molecule has 1 aliphatic carbocycles. The van der Waals surface area contributed by atoms with Crippen LogP contribution in [0.25, 0.3) is 0 Å². The Morgan fingerprint density at radius 2 is 1.68 bits per heavy atom. The van der Waals surface area contributed by atoms with Gasteiger partial charge in [-0.15, -0.1) is 0 Å². The van der Waals surface area contributed by atoms with Crippen molar-refractivity contribution in [1.82, 2.24) is 14.3 Å². The first-order chi connectivity index (χ1) is 12.0. The van der Waals surface area contributed by atoms with Gasteiger partial charge in [-0.2, -0.15) is 13.1 Å². The van der Waals surface area contributed by atoms with Crippen LogP contribution in [0.15, 0.2) is 24.3 Å². The van der Waals surface area contributed by atoms with E-state index >= 15 is 0 Å². The van der Waals surface area contributed by atoms with Crippen molar-refractivity contribution in [3.05, 3.63) is 35.4 Å². The van der Waals surface area contributed by atoms with Gasteiger partial charge in [0.05, 0.1) is 0 Å². The first-order valence-electron chi connectivity index (χ1n) is 9.61. The molecular weight excluding hydrogens is 334 g/mol. The lowest BCUT2D eigenvalue weighted by Gasteiger charge is -2.35. The summed E-state index contributed by atoms with van der Waals surface area (Å²) in [5.74, 6) is 0. The quantitative estimate of drug-likeness (QED) is 0.781. The number of piperidine rings is 1. The molecule has 2 N–H and O–H groups in total. The molecule has 0 radical (unpaired) electrons. The van der Waals surface area contributed by atoms with Crippen LogP contribution in [-0.2, 0) is 10.2 Å². The maximum absolute atomic E-state index is 12.4. The zero-order chi connectivity index (χ0) is 17.7. The van der Waals surface area contributed by atoms with E-state index in [9.17, 15) is 8.42 Å². The Hall–Kier alpha value is -0.950. The van der Waals surface area contributed by atoms with Gasteiger partial charge in [-0.05, 0) is 51.3 Å². The second-order valence-electron chi connectivity index (χ2n) is 7.47. The van der Waals surface area contributed by atoms with E-state index in [0.29, 0.717) is 6.54 Å². The highest BCUT2D eigenvalue weighted by molar-refractivity contribution is 7.87. The van der Waals surface area contributed by atoms with E-state index < -0.39 is 10.2 Å². The third-order valence-corrected chi connectivity index (χ3v) is 6.63. The standard InChI is InChI=1S/C19H31N3O2S/c1-16-9-11-17(12-10-16)19(22-13-5-2-6-14-22)15-20-25(23,24)21-18-7-3-4-8-18/h9-12,18-21H,2-8,13-15H2,1H3. The zero-order valence-electron chi connectivity index (χ0n) is 15.2. The molecule has 1 aromatic rings. The highest BCUT2D eigenvalue weighted by atomic mass is 32.2. The van der Waals surface area contributed by atoms with Crippen LogP contribution >= 0.6 is 0 Å². The topological polar surface area (TPSA) is 61.4 Å². The van der Waals surface area contributed by atoms with E-state index in [2.05, 4.69) is 45.5 Å². The van der Waals surface area contributed by atoms with Crippen molar-refractivity contribution in [3.63, 3.8) is 0 Å². The van der Waals surface area contributed by atoms with Gasteiger partial charge in [-0.25, -0.2) is 4.72 Å². The number of aryl methyl sites for hydroxylation is 1. The van der Waals surface area contributed by atoms with Gasteiger partial charge in [0.15, 0.2) is 0 Å². The monoisotopic (exact) mass is 365 g/mol. The third kappa shape index (κ3) is 5.51. The van der Waals surface area contributed by atoms with Gasteiger partial charge < -0.3 is 0 Å². The highest BCUT2D eigenvalue weighted by Crippen LogP contribution is 2.25. The maximum atomic E-state index is 12.4.